The third-order valence-corrected chi connectivity index (χ3v) is 1.69. The highest BCUT2D eigenvalue weighted by Crippen LogP contribution is 2.04. The lowest BCUT2D eigenvalue weighted by Gasteiger charge is -1.96. The molecule has 0 aliphatic heterocycles. The van der Waals surface area contributed by atoms with Crippen LogP contribution in [-0.4, -0.2) is 9.97 Å². The van der Waals surface area contributed by atoms with E-state index in [1.165, 1.54) is 12.8 Å². The molecule has 0 spiro atoms. The lowest BCUT2D eigenvalue weighted by Crippen LogP contribution is -1.88. The third-order valence-electron chi connectivity index (χ3n) is 1.49. The van der Waals surface area contributed by atoms with Gasteiger partial charge in [0.15, 0.2) is 0 Å². The molecule has 0 saturated heterocycles. The number of hydrogen-bond acceptors (Lipinski definition) is 2. The van der Waals surface area contributed by atoms with Crippen LogP contribution in [0, 0.1) is 0 Å². The van der Waals surface area contributed by atoms with Crippen LogP contribution in [-0.2, 0) is 6.42 Å². The zero-order valence-corrected chi connectivity index (χ0v) is 7.30. The molecule has 60 valence electrons. The van der Waals surface area contributed by atoms with E-state index in [9.17, 15) is 0 Å². The van der Waals surface area contributed by atoms with Crippen LogP contribution in [0.5, 0.6) is 0 Å². The molecule has 0 aromatic carbocycles. The fourth-order valence-electron chi connectivity index (χ4n) is 0.849. The minimum absolute atomic E-state index is 0.324. The van der Waals surface area contributed by atoms with E-state index in [4.69, 9.17) is 11.6 Å². The van der Waals surface area contributed by atoms with Gasteiger partial charge in [0.1, 0.15) is 0 Å². The maximum absolute atomic E-state index is 5.52. The molecular weight excluding hydrogens is 160 g/mol. The van der Waals surface area contributed by atoms with Crippen LogP contribution in [0.3, 0.4) is 0 Å². The van der Waals surface area contributed by atoms with Crippen LogP contribution in [0.4, 0.5) is 0 Å². The second-order valence-corrected chi connectivity index (χ2v) is 2.80. The fraction of sp³-hybridized carbons (Fsp3) is 0.500. The smallest absolute Gasteiger partial charge is 0.222 e. The maximum atomic E-state index is 5.52. The topological polar surface area (TPSA) is 25.8 Å². The van der Waals surface area contributed by atoms with Gasteiger partial charge in [-0.3, -0.25) is 0 Å². The van der Waals surface area contributed by atoms with Crippen molar-refractivity contribution < 1.29 is 0 Å². The van der Waals surface area contributed by atoms with E-state index in [0.29, 0.717) is 5.28 Å². The summed E-state index contributed by atoms with van der Waals surface area (Å²) in [5, 5.41) is 0.324. The zero-order valence-electron chi connectivity index (χ0n) is 6.55. The molecule has 0 bridgehead atoms. The SMILES string of the molecule is CCCCc1cnc(Cl)nc1. The van der Waals surface area contributed by atoms with Gasteiger partial charge in [0.2, 0.25) is 5.28 Å². The van der Waals surface area contributed by atoms with Crippen molar-refractivity contribution in [3.63, 3.8) is 0 Å². The number of unbranched alkanes of at least 4 members (excludes halogenated alkanes) is 1. The average molecular weight is 171 g/mol. The van der Waals surface area contributed by atoms with Crippen LogP contribution in [0.1, 0.15) is 25.3 Å². The number of nitrogens with zero attached hydrogens (tertiary/aromatic N) is 2. The van der Waals surface area contributed by atoms with Crippen LogP contribution in [0.2, 0.25) is 5.28 Å². The van der Waals surface area contributed by atoms with E-state index in [1.807, 2.05) is 0 Å². The van der Waals surface area contributed by atoms with Crippen LogP contribution < -0.4 is 0 Å². The lowest BCUT2D eigenvalue weighted by molar-refractivity contribution is 0.788. The van der Waals surface area contributed by atoms with Gasteiger partial charge in [-0.15, -0.1) is 0 Å². The fourth-order valence-corrected chi connectivity index (χ4v) is 0.947. The first kappa shape index (κ1) is 8.47. The highest BCUT2D eigenvalue weighted by atomic mass is 35.5. The Morgan fingerprint density at radius 1 is 1.36 bits per heavy atom. The summed E-state index contributed by atoms with van der Waals surface area (Å²) < 4.78 is 0. The Morgan fingerprint density at radius 2 is 2.00 bits per heavy atom. The minimum atomic E-state index is 0.324. The largest absolute Gasteiger partial charge is 0.226 e. The van der Waals surface area contributed by atoms with Gasteiger partial charge in [0.25, 0.3) is 0 Å². The molecule has 0 fully saturated rings. The van der Waals surface area contributed by atoms with Gasteiger partial charge >= 0.3 is 0 Å². The van der Waals surface area contributed by atoms with Crippen LogP contribution in [0.25, 0.3) is 0 Å². The molecule has 2 nitrogen and oxygen atoms in total. The molecule has 0 atom stereocenters. The first-order valence-electron chi connectivity index (χ1n) is 3.79. The van der Waals surface area contributed by atoms with Gasteiger partial charge < -0.3 is 0 Å². The van der Waals surface area contributed by atoms with Gasteiger partial charge in [-0.25, -0.2) is 9.97 Å². The summed E-state index contributed by atoms with van der Waals surface area (Å²) >= 11 is 5.52. The Morgan fingerprint density at radius 3 is 2.55 bits per heavy atom. The first-order chi connectivity index (χ1) is 5.33. The predicted molar refractivity (Wildman–Crippen MR) is 45.7 cm³/mol. The second kappa shape index (κ2) is 4.29. The minimum Gasteiger partial charge on any atom is -0.226 e. The van der Waals surface area contributed by atoms with Crippen molar-refractivity contribution in [2.24, 2.45) is 0 Å². The number of halogens is 1. The molecule has 11 heavy (non-hydrogen) atoms. The Bertz CT molecular complexity index is 208. The summed E-state index contributed by atoms with van der Waals surface area (Å²) in [5.74, 6) is 0. The average Bonchev–Trinajstić information content (AvgIpc) is 2.04. The van der Waals surface area contributed by atoms with E-state index in [0.717, 1.165) is 12.0 Å². The van der Waals surface area contributed by atoms with Crippen molar-refractivity contribution in [2.45, 2.75) is 26.2 Å². The summed E-state index contributed by atoms with van der Waals surface area (Å²) in [6.45, 7) is 2.16. The lowest BCUT2D eigenvalue weighted by atomic mass is 10.2. The normalized spacial score (nSPS) is 10.0. The molecule has 0 aliphatic carbocycles. The molecule has 1 aromatic heterocycles. The van der Waals surface area contributed by atoms with Gasteiger partial charge in [-0.1, -0.05) is 13.3 Å². The third kappa shape index (κ3) is 2.85. The van der Waals surface area contributed by atoms with Crippen LogP contribution in [0.15, 0.2) is 12.4 Å². The molecule has 0 saturated carbocycles. The highest BCUT2D eigenvalue weighted by Gasteiger charge is 1.93. The summed E-state index contributed by atoms with van der Waals surface area (Å²) in [5.41, 5.74) is 1.16. The first-order valence-corrected chi connectivity index (χ1v) is 4.17. The van der Waals surface area contributed by atoms with E-state index in [-0.39, 0.29) is 0 Å². The van der Waals surface area contributed by atoms with Crippen LogP contribution >= 0.6 is 11.6 Å². The number of aromatic nitrogens is 2. The van der Waals surface area contributed by atoms with Gasteiger partial charge in [0.05, 0.1) is 0 Å². The molecule has 0 aliphatic rings. The summed E-state index contributed by atoms with van der Waals surface area (Å²) in [6.07, 6.45) is 7.00. The molecule has 0 amide bonds. The summed E-state index contributed by atoms with van der Waals surface area (Å²) in [4.78, 5) is 7.77. The van der Waals surface area contributed by atoms with Gasteiger partial charge in [0, 0.05) is 12.4 Å². The summed E-state index contributed by atoms with van der Waals surface area (Å²) in [6, 6.07) is 0. The second-order valence-electron chi connectivity index (χ2n) is 2.46. The van der Waals surface area contributed by atoms with Crippen molar-refractivity contribution in [3.05, 3.63) is 23.2 Å². The zero-order chi connectivity index (χ0) is 8.10. The Balaban J connectivity index is 2.52. The van der Waals surface area contributed by atoms with Crippen molar-refractivity contribution >= 4 is 11.6 Å². The molecule has 3 heteroatoms. The molecule has 0 unspecified atom stereocenters. The standard InChI is InChI=1S/C8H11ClN2/c1-2-3-4-7-5-10-8(9)11-6-7/h5-6H,2-4H2,1H3. The number of rotatable bonds is 3. The van der Waals surface area contributed by atoms with Crippen molar-refractivity contribution in [2.75, 3.05) is 0 Å². The van der Waals surface area contributed by atoms with Gasteiger partial charge in [-0.05, 0) is 30.0 Å². The van der Waals surface area contributed by atoms with E-state index >= 15 is 0 Å². The molecule has 0 N–H and O–H groups in total. The summed E-state index contributed by atoms with van der Waals surface area (Å²) in [7, 11) is 0. The molecule has 0 radical (unpaired) electrons. The molecule has 1 rings (SSSR count). The quantitative estimate of drug-likeness (QED) is 0.652. The van der Waals surface area contributed by atoms with E-state index in [1.54, 1.807) is 12.4 Å². The Kier molecular flexibility index (Phi) is 3.30. The van der Waals surface area contributed by atoms with E-state index < -0.39 is 0 Å². The van der Waals surface area contributed by atoms with Crippen molar-refractivity contribution in [1.82, 2.24) is 9.97 Å². The predicted octanol–water partition coefficient (Wildman–Crippen LogP) is 2.47. The van der Waals surface area contributed by atoms with E-state index in [2.05, 4.69) is 16.9 Å². The maximum Gasteiger partial charge on any atom is 0.222 e. The van der Waals surface area contributed by atoms with Gasteiger partial charge in [-0.2, -0.15) is 0 Å². The van der Waals surface area contributed by atoms with Crippen molar-refractivity contribution in [3.8, 4) is 0 Å². The Hall–Kier alpha value is -0.630. The molecule has 1 aromatic rings. The highest BCUT2D eigenvalue weighted by molar-refractivity contribution is 6.28. The number of aryl methyl sites for hydroxylation is 1. The Labute approximate surface area is 71.6 Å². The monoisotopic (exact) mass is 170 g/mol. The number of hydrogen-bond donors (Lipinski definition) is 0. The molecule has 1 heterocycles. The van der Waals surface area contributed by atoms with Crippen molar-refractivity contribution in [1.29, 1.82) is 0 Å². The molecular formula is C8H11ClN2.